The van der Waals surface area contributed by atoms with Gasteiger partial charge in [0.15, 0.2) is 0 Å². The molecule has 0 spiro atoms. The monoisotopic (exact) mass is 319 g/mol. The minimum absolute atomic E-state index is 0. The van der Waals surface area contributed by atoms with Gasteiger partial charge < -0.3 is 40.5 Å². The van der Waals surface area contributed by atoms with Crippen LogP contribution in [0.3, 0.4) is 0 Å². The molecule has 0 aromatic carbocycles. The van der Waals surface area contributed by atoms with Crippen LogP contribution in [0.1, 0.15) is 1.43 Å². The number of aliphatic hydroxyl groups excluding tert-OH is 6. The van der Waals surface area contributed by atoms with Crippen LogP contribution in [0.5, 0.6) is 0 Å². The summed E-state index contributed by atoms with van der Waals surface area (Å²) < 4.78 is 4.10. The Morgan fingerprint density at radius 3 is 1.48 bits per heavy atom. The van der Waals surface area contributed by atoms with Crippen molar-refractivity contribution < 1.29 is 51.5 Å². The average molecular weight is 319 g/mol. The van der Waals surface area contributed by atoms with E-state index in [1.807, 2.05) is 0 Å². The van der Waals surface area contributed by atoms with Gasteiger partial charge in [-0.25, -0.2) is 0 Å². The van der Waals surface area contributed by atoms with Gasteiger partial charge in [0.25, 0.3) is 12.9 Å². The van der Waals surface area contributed by atoms with Crippen LogP contribution in [0.25, 0.3) is 0 Å². The number of carbonyl (C=O) groups excluding carboxylic acids is 1. The summed E-state index contributed by atoms with van der Waals surface area (Å²) in [6, 6.07) is 0. The predicted octanol–water partition coefficient (Wildman–Crippen LogP) is -3.04. The van der Waals surface area contributed by atoms with Crippen molar-refractivity contribution in [3.63, 3.8) is 0 Å². The van der Waals surface area contributed by atoms with E-state index in [1.165, 1.54) is 6.08 Å². The maximum Gasteiger partial charge on any atom is 0.293 e. The molecule has 0 heterocycles. The molecular formula is C11H26O10. The van der Waals surface area contributed by atoms with Gasteiger partial charge in [0.05, 0.1) is 26.4 Å². The zero-order chi connectivity index (χ0) is 17.5. The lowest BCUT2D eigenvalue weighted by Crippen LogP contribution is -2.18. The highest BCUT2D eigenvalue weighted by Crippen LogP contribution is 1.78. The molecule has 0 fully saturated rings. The van der Waals surface area contributed by atoms with Gasteiger partial charge in [-0.3, -0.25) is 9.59 Å². The van der Waals surface area contributed by atoms with E-state index >= 15 is 0 Å². The van der Waals surface area contributed by atoms with Crippen molar-refractivity contribution in [3.05, 3.63) is 12.7 Å². The molecule has 130 valence electrons. The Bertz CT molecular complexity index is 201. The molecule has 1 atom stereocenters. The molecule has 0 radical (unpaired) electrons. The Balaban J connectivity index is -0.0000000615. The molecule has 0 aliphatic carbocycles. The van der Waals surface area contributed by atoms with E-state index in [-0.39, 0.29) is 47.4 Å². The van der Waals surface area contributed by atoms with Crippen LogP contribution < -0.4 is 0 Å². The summed E-state index contributed by atoms with van der Waals surface area (Å²) >= 11 is 0. The first-order chi connectivity index (χ1) is 9.94. The summed E-state index contributed by atoms with van der Waals surface area (Å²) in [4.78, 5) is 17.8. The van der Waals surface area contributed by atoms with Gasteiger partial charge >= 0.3 is 0 Å². The first-order valence-electron chi connectivity index (χ1n) is 5.48. The van der Waals surface area contributed by atoms with Crippen LogP contribution in [0.2, 0.25) is 0 Å². The SMILES string of the molecule is C=CCO.O=CO.O=COCC(O)CO.OCC(O)CO.[2HH]. The molecule has 10 nitrogen and oxygen atoms in total. The average Bonchev–Trinajstić information content (AvgIpc) is 2.53. The molecule has 0 rings (SSSR count). The van der Waals surface area contributed by atoms with E-state index in [0.29, 0.717) is 0 Å². The molecule has 0 saturated heterocycles. The lowest BCUT2D eigenvalue weighted by Gasteiger charge is -2.02. The fraction of sp³-hybridized carbons (Fsp3) is 0.636. The molecular weight excluding hydrogens is 292 g/mol. The number of carbonyl (C=O) groups is 2. The van der Waals surface area contributed by atoms with Crippen molar-refractivity contribution in [2.45, 2.75) is 12.2 Å². The van der Waals surface area contributed by atoms with Crippen LogP contribution in [-0.4, -0.2) is 93.9 Å². The van der Waals surface area contributed by atoms with Gasteiger partial charge in [0.1, 0.15) is 18.8 Å². The first-order valence-corrected chi connectivity index (χ1v) is 5.48. The summed E-state index contributed by atoms with van der Waals surface area (Å²) in [7, 11) is 0. The standard InChI is InChI=1S/C4H8O4.C3H8O3.C3H6O.CH2O2.H2/c5-1-4(7)2-8-3-6;4-1-3(6)2-5;1-2-3-4;2-1-3;/h3-5,7H,1-2H2;3-6H,1-2H2;2,4H,1,3H2;1H,(H,2,3);1H/i;;;;1+1. The normalized spacial score (nSPS) is 9.48. The van der Waals surface area contributed by atoms with Gasteiger partial charge in [-0.15, -0.1) is 6.58 Å². The number of carboxylic acid groups (broad SMARTS) is 1. The Morgan fingerprint density at radius 2 is 1.33 bits per heavy atom. The van der Waals surface area contributed by atoms with Gasteiger partial charge in [0, 0.05) is 1.43 Å². The number of hydrogen-bond acceptors (Lipinski definition) is 9. The second-order valence-corrected chi connectivity index (χ2v) is 2.86. The Morgan fingerprint density at radius 1 is 1.00 bits per heavy atom. The largest absolute Gasteiger partial charge is 0.483 e. The molecule has 7 N–H and O–H groups in total. The predicted molar refractivity (Wildman–Crippen MR) is 73.4 cm³/mol. The zero-order valence-corrected chi connectivity index (χ0v) is 11.5. The minimum Gasteiger partial charge on any atom is -0.483 e. The highest BCUT2D eigenvalue weighted by Gasteiger charge is 1.98. The van der Waals surface area contributed by atoms with E-state index in [0.717, 1.165) is 0 Å². The summed E-state index contributed by atoms with van der Waals surface area (Å²) in [5.74, 6) is 0. The molecule has 21 heavy (non-hydrogen) atoms. The summed E-state index contributed by atoms with van der Waals surface area (Å²) in [5.41, 5.74) is 0. The highest BCUT2D eigenvalue weighted by atomic mass is 16.5. The van der Waals surface area contributed by atoms with E-state index in [4.69, 9.17) is 40.5 Å². The Labute approximate surface area is 123 Å². The molecule has 0 aromatic rings. The molecule has 10 heteroatoms. The number of hydrogen-bond donors (Lipinski definition) is 7. The number of rotatable bonds is 7. The van der Waals surface area contributed by atoms with Crippen LogP contribution in [-0.2, 0) is 14.3 Å². The quantitative estimate of drug-likeness (QED) is 0.188. The zero-order valence-electron chi connectivity index (χ0n) is 11.5. The van der Waals surface area contributed by atoms with Crippen LogP contribution in [0.4, 0.5) is 0 Å². The summed E-state index contributed by atoms with van der Waals surface area (Å²) in [6.07, 6.45) is -0.467. The number of ether oxygens (including phenoxy) is 1. The third kappa shape index (κ3) is 55.9. The molecule has 1 unspecified atom stereocenters. The van der Waals surface area contributed by atoms with Crippen molar-refractivity contribution in [2.24, 2.45) is 0 Å². The smallest absolute Gasteiger partial charge is 0.293 e. The van der Waals surface area contributed by atoms with Crippen molar-refractivity contribution >= 4 is 12.9 Å². The Hall–Kier alpha value is -1.56. The highest BCUT2D eigenvalue weighted by molar-refractivity contribution is 5.36. The van der Waals surface area contributed by atoms with Crippen molar-refractivity contribution in [3.8, 4) is 0 Å². The van der Waals surface area contributed by atoms with Crippen molar-refractivity contribution in [2.75, 3.05) is 33.0 Å². The van der Waals surface area contributed by atoms with Gasteiger partial charge in [0.2, 0.25) is 0 Å². The molecule has 0 aromatic heterocycles. The number of aliphatic hydroxyl groups is 6. The van der Waals surface area contributed by atoms with Crippen LogP contribution in [0, 0.1) is 0 Å². The lowest BCUT2D eigenvalue weighted by molar-refractivity contribution is -0.132. The maximum atomic E-state index is 9.41. The second-order valence-electron chi connectivity index (χ2n) is 2.86. The third-order valence-corrected chi connectivity index (χ3v) is 1.12. The van der Waals surface area contributed by atoms with Crippen LogP contribution in [0.15, 0.2) is 12.7 Å². The first kappa shape index (κ1) is 27.7. The third-order valence-electron chi connectivity index (χ3n) is 1.12. The van der Waals surface area contributed by atoms with Crippen LogP contribution >= 0.6 is 0 Å². The van der Waals surface area contributed by atoms with E-state index in [1.54, 1.807) is 0 Å². The molecule has 0 aliphatic rings. The molecule has 0 aliphatic heterocycles. The van der Waals surface area contributed by atoms with Gasteiger partial charge in [-0.05, 0) is 0 Å². The van der Waals surface area contributed by atoms with Crippen molar-refractivity contribution in [1.29, 1.82) is 0 Å². The Kier molecular flexibility index (Phi) is 41.0. The summed E-state index contributed by atoms with van der Waals surface area (Å²) in [6.45, 7) is 2.03. The second kappa shape index (κ2) is 31.0. The van der Waals surface area contributed by atoms with Gasteiger partial charge in [-0.2, -0.15) is 0 Å². The lowest BCUT2D eigenvalue weighted by atomic mass is 10.4. The van der Waals surface area contributed by atoms with E-state index in [9.17, 15) is 4.79 Å². The molecule has 0 amide bonds. The molecule has 0 saturated carbocycles. The minimum atomic E-state index is -0.954. The van der Waals surface area contributed by atoms with Crippen molar-refractivity contribution in [1.82, 2.24) is 0 Å². The molecule has 0 bridgehead atoms. The maximum absolute atomic E-state index is 9.41. The fourth-order valence-electron chi connectivity index (χ4n) is 0.261. The van der Waals surface area contributed by atoms with Gasteiger partial charge in [-0.1, -0.05) is 6.08 Å². The topological polar surface area (TPSA) is 185 Å². The van der Waals surface area contributed by atoms with E-state index < -0.39 is 12.2 Å². The summed E-state index contributed by atoms with van der Waals surface area (Å²) in [5, 5.41) is 55.2. The van der Waals surface area contributed by atoms with E-state index in [2.05, 4.69) is 11.3 Å². The fourth-order valence-corrected chi connectivity index (χ4v) is 0.261.